The maximum atomic E-state index is 14.6. The number of aromatic amines is 1. The molecule has 0 radical (unpaired) electrons. The van der Waals surface area contributed by atoms with Crippen LogP contribution in [0.5, 0.6) is 0 Å². The minimum atomic E-state index is -2.04. The highest BCUT2D eigenvalue weighted by Crippen LogP contribution is 2.20. The van der Waals surface area contributed by atoms with E-state index in [1.165, 1.54) is 6.92 Å². The third-order valence-corrected chi connectivity index (χ3v) is 12.2. The average molecular weight is 1110 g/mol. The van der Waals surface area contributed by atoms with E-state index in [-0.39, 0.29) is 50.4 Å². The van der Waals surface area contributed by atoms with Crippen LogP contribution in [0.25, 0.3) is 10.9 Å². The van der Waals surface area contributed by atoms with Gasteiger partial charge in [0.15, 0.2) is 0 Å². The van der Waals surface area contributed by atoms with Gasteiger partial charge in [-0.25, -0.2) is 4.79 Å². The van der Waals surface area contributed by atoms with E-state index in [0.29, 0.717) is 22.0 Å². The Morgan fingerprint density at radius 1 is 0.519 bits per heavy atom. The standard InChI is InChI=1S/C52H73N11O16/c1-25(2)18-34(58-45(71)32(53)16-17-40(54)65)46(72)56-27(5)44(70)57-36(21-30-24-55-33-15-11-10-14-31(30)33)48(74)59-35(20-29-12-8-7-9-13-29)47(73)60-38(23-42(68)69)50(76)63-43(28(6)64)51(77)61-37(22-41(66)67)49(75)62-39(52(78)79)19-26(3)4/h7-15,24-28,32,34-39,43,55,64H,16-23,53H2,1-6H3,(H2,54,65)(H,56,72)(H,57,70)(H,58,71)(H,59,74)(H,60,73)(H,61,77)(H,62,75)(H,63,76)(H,66,67)(H,68,69)(H,78,79)/t27-,28+,32-,34-,35-,36-,37-,38-,39-,43-/m0/s1. The van der Waals surface area contributed by atoms with E-state index in [1.807, 2.05) is 0 Å². The van der Waals surface area contributed by atoms with Crippen molar-refractivity contribution in [3.05, 3.63) is 71.9 Å². The van der Waals surface area contributed by atoms with E-state index in [9.17, 15) is 78.0 Å². The number of carbonyl (C=O) groups excluding carboxylic acids is 9. The van der Waals surface area contributed by atoms with Crippen LogP contribution in [0.4, 0.5) is 0 Å². The number of nitrogens with one attached hydrogen (secondary N) is 9. The lowest BCUT2D eigenvalue weighted by Crippen LogP contribution is -2.62. The summed E-state index contributed by atoms with van der Waals surface area (Å²) in [5.74, 6) is -14.2. The topological polar surface area (TPSA) is 450 Å². The second-order valence-electron chi connectivity index (χ2n) is 20.0. The van der Waals surface area contributed by atoms with Crippen LogP contribution in [-0.2, 0) is 70.4 Å². The minimum absolute atomic E-state index is 0.0689. The molecule has 17 N–H and O–H groups in total. The lowest BCUT2D eigenvalue weighted by atomic mass is 10.0. The second-order valence-corrected chi connectivity index (χ2v) is 20.0. The molecule has 0 bridgehead atoms. The third-order valence-electron chi connectivity index (χ3n) is 12.2. The van der Waals surface area contributed by atoms with E-state index in [1.54, 1.807) is 88.5 Å². The first-order valence-electron chi connectivity index (χ1n) is 25.5. The van der Waals surface area contributed by atoms with Gasteiger partial charge in [0, 0.05) is 36.4 Å². The number of aliphatic hydroxyl groups is 1. The second kappa shape index (κ2) is 31.1. The highest BCUT2D eigenvalue weighted by atomic mass is 16.4. The predicted octanol–water partition coefficient (Wildman–Crippen LogP) is -2.05. The number of fused-ring (bicyclic) bond motifs is 1. The Hall–Kier alpha value is -8.46. The molecule has 0 aliphatic carbocycles. The fraction of sp³-hybridized carbons (Fsp3) is 0.500. The molecule has 0 unspecified atom stereocenters. The van der Waals surface area contributed by atoms with Gasteiger partial charge in [-0.15, -0.1) is 0 Å². The van der Waals surface area contributed by atoms with E-state index in [0.717, 1.165) is 6.92 Å². The molecule has 3 aromatic rings. The summed E-state index contributed by atoms with van der Waals surface area (Å²) in [5, 5.41) is 59.3. The molecule has 10 atom stereocenters. The van der Waals surface area contributed by atoms with E-state index < -0.39 is 144 Å². The zero-order valence-electron chi connectivity index (χ0n) is 44.7. The molecule has 0 saturated carbocycles. The number of amides is 9. The fourth-order valence-electron chi connectivity index (χ4n) is 8.07. The molecule has 1 heterocycles. The van der Waals surface area contributed by atoms with Crippen molar-refractivity contribution in [1.82, 2.24) is 47.5 Å². The molecule has 0 aliphatic heterocycles. The van der Waals surface area contributed by atoms with Gasteiger partial charge in [0.05, 0.1) is 25.0 Å². The van der Waals surface area contributed by atoms with E-state index in [2.05, 4.69) is 47.5 Å². The number of nitrogens with two attached hydrogens (primary N) is 2. The minimum Gasteiger partial charge on any atom is -0.481 e. The van der Waals surface area contributed by atoms with Gasteiger partial charge >= 0.3 is 17.9 Å². The lowest BCUT2D eigenvalue weighted by molar-refractivity contribution is -0.144. The Bertz CT molecular complexity index is 2660. The Labute approximate surface area is 454 Å². The normalized spacial score (nSPS) is 15.0. The molecule has 0 saturated heterocycles. The molecule has 0 fully saturated rings. The number of hydrogen-bond acceptors (Lipinski definition) is 14. The van der Waals surface area contributed by atoms with Crippen molar-refractivity contribution < 1.29 is 78.0 Å². The molecule has 79 heavy (non-hydrogen) atoms. The Kier molecular flexibility index (Phi) is 25.5. The summed E-state index contributed by atoms with van der Waals surface area (Å²) < 4.78 is 0. The largest absolute Gasteiger partial charge is 0.481 e. The van der Waals surface area contributed by atoms with Crippen LogP contribution in [0.1, 0.15) is 91.2 Å². The predicted molar refractivity (Wildman–Crippen MR) is 282 cm³/mol. The zero-order chi connectivity index (χ0) is 59.3. The molecule has 27 heteroatoms. The number of primary amides is 1. The van der Waals surface area contributed by atoms with Crippen LogP contribution in [0, 0.1) is 11.8 Å². The van der Waals surface area contributed by atoms with Crippen LogP contribution in [0.2, 0.25) is 0 Å². The summed E-state index contributed by atoms with van der Waals surface area (Å²) in [4.78, 5) is 160. The molecule has 0 spiro atoms. The molecule has 1 aromatic heterocycles. The summed E-state index contributed by atoms with van der Waals surface area (Å²) in [6.07, 6.45) is -3.15. The third kappa shape index (κ3) is 21.8. The molecule has 9 amide bonds. The molecule has 3 rings (SSSR count). The number of hydrogen-bond donors (Lipinski definition) is 15. The van der Waals surface area contributed by atoms with E-state index in [4.69, 9.17) is 11.5 Å². The monoisotopic (exact) mass is 1110 g/mol. The number of aliphatic carboxylic acids is 3. The van der Waals surface area contributed by atoms with Crippen LogP contribution in [0.15, 0.2) is 60.8 Å². The van der Waals surface area contributed by atoms with Gasteiger partial charge in [0.25, 0.3) is 0 Å². The summed E-state index contributed by atoms with van der Waals surface area (Å²) in [7, 11) is 0. The Balaban J connectivity index is 1.95. The summed E-state index contributed by atoms with van der Waals surface area (Å²) in [6.45, 7) is 9.25. The van der Waals surface area contributed by atoms with Crippen molar-refractivity contribution in [2.24, 2.45) is 23.3 Å². The van der Waals surface area contributed by atoms with Gasteiger partial charge in [-0.1, -0.05) is 76.2 Å². The highest BCUT2D eigenvalue weighted by molar-refractivity contribution is 6.00. The van der Waals surface area contributed by atoms with Gasteiger partial charge in [0.1, 0.15) is 48.3 Å². The molecule has 2 aromatic carbocycles. The summed E-state index contributed by atoms with van der Waals surface area (Å²) in [6, 6.07) is 0.791. The SMILES string of the molecule is CC(C)C[C@H](NC(=O)[C@H](CC(=O)O)NC(=O)[C@@H](NC(=O)[C@H](CC(=O)O)NC(=O)[C@H](Cc1ccccc1)NC(=O)[C@H](Cc1c[nH]c2ccccc12)NC(=O)[C@H](C)NC(=O)[C@H](CC(C)C)NC(=O)[C@@H](N)CCC(N)=O)[C@@H](C)O)C(=O)O. The number of H-pyrrole nitrogens is 1. The molecule has 0 aliphatic rings. The molecular formula is C52H73N11O16. The quantitative estimate of drug-likeness (QED) is 0.0312. The summed E-state index contributed by atoms with van der Waals surface area (Å²) >= 11 is 0. The first-order chi connectivity index (χ1) is 37.1. The molecular weight excluding hydrogens is 1030 g/mol. The number of rotatable bonds is 33. The summed E-state index contributed by atoms with van der Waals surface area (Å²) in [5.41, 5.74) is 12.8. The van der Waals surface area contributed by atoms with E-state index >= 15 is 0 Å². The lowest BCUT2D eigenvalue weighted by Gasteiger charge is -2.28. The van der Waals surface area contributed by atoms with Crippen molar-refractivity contribution >= 4 is 82.0 Å². The first kappa shape index (κ1) is 64.8. The average Bonchev–Trinajstić information content (AvgIpc) is 3.79. The maximum absolute atomic E-state index is 14.6. The number of para-hydroxylation sites is 1. The van der Waals surface area contributed by atoms with Gasteiger partial charge in [-0.3, -0.25) is 52.7 Å². The Morgan fingerprint density at radius 2 is 0.975 bits per heavy atom. The van der Waals surface area contributed by atoms with Crippen molar-refractivity contribution in [3.63, 3.8) is 0 Å². The van der Waals surface area contributed by atoms with Crippen molar-refractivity contribution in [2.45, 2.75) is 153 Å². The Morgan fingerprint density at radius 3 is 1.52 bits per heavy atom. The van der Waals surface area contributed by atoms with Gasteiger partial charge in [-0.2, -0.15) is 0 Å². The van der Waals surface area contributed by atoms with Crippen LogP contribution in [-0.4, -0.2) is 157 Å². The fourth-order valence-corrected chi connectivity index (χ4v) is 8.07. The van der Waals surface area contributed by atoms with Crippen LogP contribution in [0.3, 0.4) is 0 Å². The number of carbonyl (C=O) groups is 12. The number of carboxylic acid groups (broad SMARTS) is 3. The van der Waals surface area contributed by atoms with Crippen LogP contribution < -0.4 is 54.0 Å². The smallest absolute Gasteiger partial charge is 0.326 e. The van der Waals surface area contributed by atoms with Gasteiger partial charge < -0.3 is 79.4 Å². The molecule has 27 nitrogen and oxygen atoms in total. The maximum Gasteiger partial charge on any atom is 0.326 e. The highest BCUT2D eigenvalue weighted by Gasteiger charge is 2.37. The first-order valence-corrected chi connectivity index (χ1v) is 25.5. The van der Waals surface area contributed by atoms with Crippen molar-refractivity contribution in [1.29, 1.82) is 0 Å². The number of carboxylic acids is 3. The van der Waals surface area contributed by atoms with Gasteiger partial charge in [0.2, 0.25) is 53.2 Å². The van der Waals surface area contributed by atoms with Gasteiger partial charge in [-0.05, 0) is 62.1 Å². The number of benzene rings is 2. The number of aliphatic hydroxyl groups excluding tert-OH is 1. The van der Waals surface area contributed by atoms with Crippen molar-refractivity contribution in [2.75, 3.05) is 0 Å². The zero-order valence-corrected chi connectivity index (χ0v) is 44.7. The van der Waals surface area contributed by atoms with Crippen LogP contribution >= 0.6 is 0 Å². The van der Waals surface area contributed by atoms with Crippen molar-refractivity contribution in [3.8, 4) is 0 Å². The molecule has 432 valence electrons. The number of aromatic nitrogens is 1.